The van der Waals surface area contributed by atoms with E-state index in [-0.39, 0.29) is 36.5 Å². The van der Waals surface area contributed by atoms with Gasteiger partial charge in [-0.15, -0.1) is 12.4 Å². The topological polar surface area (TPSA) is 123 Å². The lowest BCUT2D eigenvalue weighted by atomic mass is 10.1. The van der Waals surface area contributed by atoms with Crippen molar-refractivity contribution in [3.8, 4) is 11.4 Å². The number of esters is 1. The highest BCUT2D eigenvalue weighted by molar-refractivity contribution is 5.98. The Labute approximate surface area is 180 Å². The van der Waals surface area contributed by atoms with Crippen molar-refractivity contribution < 1.29 is 14.3 Å². The number of nitrogens with one attached hydrogen (secondary N) is 2. The van der Waals surface area contributed by atoms with Gasteiger partial charge in [-0.05, 0) is 24.6 Å². The SMILES string of the molecule is COC(=O)CCCNC(=O)c1ccc2c(c1)nc(-c1ccc(C(=N)N)cc1)n2C.Cl. The number of carbonyl (C=O) groups is 2. The predicted molar refractivity (Wildman–Crippen MR) is 118 cm³/mol. The van der Waals surface area contributed by atoms with E-state index in [1.165, 1.54) is 7.11 Å². The van der Waals surface area contributed by atoms with Crippen molar-refractivity contribution in [3.05, 3.63) is 53.6 Å². The lowest BCUT2D eigenvalue weighted by Gasteiger charge is -2.05. The number of rotatable bonds is 7. The molecule has 158 valence electrons. The van der Waals surface area contributed by atoms with Crippen LogP contribution in [0.25, 0.3) is 22.4 Å². The lowest BCUT2D eigenvalue weighted by molar-refractivity contribution is -0.140. The summed E-state index contributed by atoms with van der Waals surface area (Å²) in [5, 5.41) is 10.3. The Morgan fingerprint density at radius 1 is 1.17 bits per heavy atom. The van der Waals surface area contributed by atoms with Crippen LogP contribution in [0.4, 0.5) is 0 Å². The van der Waals surface area contributed by atoms with Gasteiger partial charge in [0.25, 0.3) is 5.91 Å². The average Bonchev–Trinajstić information content (AvgIpc) is 3.06. The van der Waals surface area contributed by atoms with Crippen LogP contribution in [0.15, 0.2) is 42.5 Å². The Morgan fingerprint density at radius 2 is 1.83 bits per heavy atom. The van der Waals surface area contributed by atoms with Crippen molar-refractivity contribution in [1.82, 2.24) is 14.9 Å². The molecular formula is C21H24ClN5O3. The largest absolute Gasteiger partial charge is 0.469 e. The third-order valence-electron chi connectivity index (χ3n) is 4.67. The fourth-order valence-corrected chi connectivity index (χ4v) is 3.04. The van der Waals surface area contributed by atoms with Crippen molar-refractivity contribution in [1.29, 1.82) is 5.41 Å². The zero-order chi connectivity index (χ0) is 21.0. The highest BCUT2D eigenvalue weighted by Gasteiger charge is 2.13. The number of nitrogens with two attached hydrogens (primary N) is 1. The maximum atomic E-state index is 12.4. The molecule has 0 aliphatic carbocycles. The smallest absolute Gasteiger partial charge is 0.305 e. The molecule has 0 fully saturated rings. The molecule has 8 nitrogen and oxygen atoms in total. The number of carbonyl (C=O) groups excluding carboxylic acids is 2. The first-order valence-electron chi connectivity index (χ1n) is 9.17. The van der Waals surface area contributed by atoms with Gasteiger partial charge in [0.15, 0.2) is 0 Å². The van der Waals surface area contributed by atoms with E-state index < -0.39 is 0 Å². The minimum Gasteiger partial charge on any atom is -0.469 e. The van der Waals surface area contributed by atoms with Gasteiger partial charge in [-0.1, -0.05) is 24.3 Å². The quantitative estimate of drug-likeness (QED) is 0.230. The summed E-state index contributed by atoms with van der Waals surface area (Å²) in [5.74, 6) is 0.266. The van der Waals surface area contributed by atoms with E-state index in [0.29, 0.717) is 29.6 Å². The van der Waals surface area contributed by atoms with Gasteiger partial charge in [0.2, 0.25) is 0 Å². The molecular weight excluding hydrogens is 406 g/mol. The molecule has 0 saturated heterocycles. The fraction of sp³-hybridized carbons (Fsp3) is 0.238. The highest BCUT2D eigenvalue weighted by Crippen LogP contribution is 2.24. The summed E-state index contributed by atoms with van der Waals surface area (Å²) in [4.78, 5) is 28.2. The zero-order valence-corrected chi connectivity index (χ0v) is 17.6. The molecule has 30 heavy (non-hydrogen) atoms. The Morgan fingerprint density at radius 3 is 2.47 bits per heavy atom. The van der Waals surface area contributed by atoms with E-state index in [1.54, 1.807) is 24.3 Å². The van der Waals surface area contributed by atoms with Crippen molar-refractivity contribution in [3.63, 3.8) is 0 Å². The molecule has 0 aliphatic heterocycles. The number of fused-ring (bicyclic) bond motifs is 1. The molecule has 0 unspecified atom stereocenters. The summed E-state index contributed by atoms with van der Waals surface area (Å²) >= 11 is 0. The number of amidine groups is 1. The van der Waals surface area contributed by atoms with Crippen LogP contribution in [0.5, 0.6) is 0 Å². The first-order valence-corrected chi connectivity index (χ1v) is 9.17. The normalized spacial score (nSPS) is 10.3. The molecule has 0 radical (unpaired) electrons. The number of nitrogens with zero attached hydrogens (tertiary/aromatic N) is 2. The Hall–Kier alpha value is -3.39. The van der Waals surface area contributed by atoms with E-state index in [9.17, 15) is 9.59 Å². The molecule has 0 bridgehead atoms. The fourth-order valence-electron chi connectivity index (χ4n) is 3.04. The number of nitrogen functional groups attached to an aromatic ring is 1. The summed E-state index contributed by atoms with van der Waals surface area (Å²) < 4.78 is 6.53. The number of ether oxygens (including phenoxy) is 1. The summed E-state index contributed by atoms with van der Waals surface area (Å²) in [6.45, 7) is 0.391. The summed E-state index contributed by atoms with van der Waals surface area (Å²) in [7, 11) is 3.26. The second-order valence-corrected chi connectivity index (χ2v) is 6.62. The molecule has 2 aromatic carbocycles. The second kappa shape index (κ2) is 9.89. The second-order valence-electron chi connectivity index (χ2n) is 6.62. The number of amides is 1. The maximum Gasteiger partial charge on any atom is 0.305 e. The van der Waals surface area contributed by atoms with Crippen LogP contribution in [0, 0.1) is 5.41 Å². The predicted octanol–water partition coefficient (Wildman–Crippen LogP) is 2.63. The number of aryl methyl sites for hydroxylation is 1. The van der Waals surface area contributed by atoms with E-state index in [2.05, 4.69) is 15.0 Å². The molecule has 0 atom stereocenters. The number of halogens is 1. The molecule has 0 aliphatic rings. The molecule has 3 rings (SSSR count). The maximum absolute atomic E-state index is 12.4. The first-order chi connectivity index (χ1) is 13.9. The van der Waals surface area contributed by atoms with Gasteiger partial charge in [-0.3, -0.25) is 15.0 Å². The van der Waals surface area contributed by atoms with Crippen molar-refractivity contribution in [2.75, 3.05) is 13.7 Å². The van der Waals surface area contributed by atoms with E-state index in [4.69, 9.17) is 11.1 Å². The molecule has 3 aromatic rings. The van der Waals surface area contributed by atoms with Crippen LogP contribution < -0.4 is 11.1 Å². The van der Waals surface area contributed by atoms with Gasteiger partial charge in [-0.2, -0.15) is 0 Å². The lowest BCUT2D eigenvalue weighted by Crippen LogP contribution is -2.24. The number of hydrogen-bond acceptors (Lipinski definition) is 5. The Bertz CT molecular complexity index is 1080. The van der Waals surface area contributed by atoms with Crippen LogP contribution in [-0.2, 0) is 16.6 Å². The molecule has 4 N–H and O–H groups in total. The number of benzene rings is 2. The standard InChI is InChI=1S/C21H23N5O3.ClH/c1-26-17-10-9-15(21(28)24-11-3-4-18(27)29-2)12-16(17)25-20(26)14-7-5-13(6-8-14)19(22)23;/h5-10,12H,3-4,11H2,1-2H3,(H3,22,23)(H,24,28);1H. The number of aromatic nitrogens is 2. The summed E-state index contributed by atoms with van der Waals surface area (Å²) in [5.41, 5.74) is 9.16. The number of methoxy groups -OCH3 is 1. The van der Waals surface area contributed by atoms with E-state index >= 15 is 0 Å². The molecule has 1 heterocycles. The number of imidazole rings is 1. The van der Waals surface area contributed by atoms with Crippen LogP contribution in [0.3, 0.4) is 0 Å². The van der Waals surface area contributed by atoms with Crippen LogP contribution >= 0.6 is 12.4 Å². The van der Waals surface area contributed by atoms with E-state index in [1.807, 2.05) is 29.8 Å². The van der Waals surface area contributed by atoms with Crippen LogP contribution in [0.1, 0.15) is 28.8 Å². The van der Waals surface area contributed by atoms with Gasteiger partial charge in [0, 0.05) is 36.7 Å². The minimum absolute atomic E-state index is 0. The number of hydrogen-bond donors (Lipinski definition) is 3. The van der Waals surface area contributed by atoms with Crippen molar-refractivity contribution >= 4 is 41.2 Å². The van der Waals surface area contributed by atoms with Crippen molar-refractivity contribution in [2.24, 2.45) is 12.8 Å². The van der Waals surface area contributed by atoms with Gasteiger partial charge >= 0.3 is 5.97 Å². The third-order valence-corrected chi connectivity index (χ3v) is 4.67. The molecule has 0 spiro atoms. The van der Waals surface area contributed by atoms with Gasteiger partial charge in [0.1, 0.15) is 11.7 Å². The third kappa shape index (κ3) is 4.96. The molecule has 0 saturated carbocycles. The minimum atomic E-state index is -0.294. The monoisotopic (exact) mass is 429 g/mol. The van der Waals surface area contributed by atoms with Gasteiger partial charge < -0.3 is 20.4 Å². The summed E-state index contributed by atoms with van der Waals surface area (Å²) in [6, 6.07) is 12.7. The van der Waals surface area contributed by atoms with E-state index in [0.717, 1.165) is 16.9 Å². The van der Waals surface area contributed by atoms with Crippen LogP contribution in [0.2, 0.25) is 0 Å². The highest BCUT2D eigenvalue weighted by atomic mass is 35.5. The van der Waals surface area contributed by atoms with Crippen LogP contribution in [-0.4, -0.2) is 40.9 Å². The summed E-state index contributed by atoms with van der Waals surface area (Å²) in [6.07, 6.45) is 0.784. The molecule has 9 heteroatoms. The Kier molecular flexibility index (Phi) is 7.54. The average molecular weight is 430 g/mol. The molecule has 1 aromatic heterocycles. The first kappa shape index (κ1) is 22.9. The Balaban J connectivity index is 0.00000320. The van der Waals surface area contributed by atoms with Gasteiger partial charge in [0.05, 0.1) is 18.1 Å². The van der Waals surface area contributed by atoms with Crippen molar-refractivity contribution in [2.45, 2.75) is 12.8 Å². The zero-order valence-electron chi connectivity index (χ0n) is 16.8. The molecule has 1 amide bonds. The van der Waals surface area contributed by atoms with Gasteiger partial charge in [-0.25, -0.2) is 4.98 Å².